The van der Waals surface area contributed by atoms with Crippen LogP contribution in [0.15, 0.2) is 0 Å². The van der Waals surface area contributed by atoms with Gasteiger partial charge in [0.1, 0.15) is 0 Å². The Bertz CT molecular complexity index is 174. The zero-order valence-corrected chi connectivity index (χ0v) is 7.61. The van der Waals surface area contributed by atoms with Crippen molar-refractivity contribution in [3.63, 3.8) is 0 Å². The summed E-state index contributed by atoms with van der Waals surface area (Å²) in [6, 6.07) is 0. The normalized spacial score (nSPS) is 21.4. The van der Waals surface area contributed by atoms with Gasteiger partial charge in [-0.2, -0.15) is 0 Å². The predicted octanol–water partition coefficient (Wildman–Crippen LogP) is 1.69. The Kier molecular flexibility index (Phi) is 1.73. The van der Waals surface area contributed by atoms with Crippen LogP contribution in [0, 0.1) is 10.8 Å². The zero-order valence-electron chi connectivity index (χ0n) is 7.61. The maximum absolute atomic E-state index is 11.0. The molecular weight excluding hydrogens is 138 g/mol. The van der Waals surface area contributed by atoms with Gasteiger partial charge in [-0.1, -0.05) is 20.8 Å². The Hall–Kier alpha value is -0.530. The van der Waals surface area contributed by atoms with Gasteiger partial charge in [-0.05, 0) is 24.7 Å². The first-order valence-electron chi connectivity index (χ1n) is 4.16. The van der Waals surface area contributed by atoms with Crippen LogP contribution in [0.5, 0.6) is 0 Å². The highest BCUT2D eigenvalue weighted by atomic mass is 16.1. The molecule has 1 fully saturated rings. The van der Waals surface area contributed by atoms with Crippen LogP contribution in [0.25, 0.3) is 0 Å². The summed E-state index contributed by atoms with van der Waals surface area (Å²) in [4.78, 5) is 11.0. The number of primary amides is 1. The lowest BCUT2D eigenvalue weighted by Gasteiger charge is -2.23. The van der Waals surface area contributed by atoms with Crippen molar-refractivity contribution in [1.29, 1.82) is 0 Å². The van der Waals surface area contributed by atoms with E-state index in [0.717, 1.165) is 19.3 Å². The van der Waals surface area contributed by atoms with Gasteiger partial charge in [0, 0.05) is 5.41 Å². The first kappa shape index (κ1) is 8.57. The molecule has 0 saturated heterocycles. The van der Waals surface area contributed by atoms with Gasteiger partial charge in [0.25, 0.3) is 0 Å². The summed E-state index contributed by atoms with van der Waals surface area (Å²) in [5.41, 5.74) is 5.40. The molecule has 64 valence electrons. The van der Waals surface area contributed by atoms with Crippen LogP contribution >= 0.6 is 0 Å². The number of carbonyl (C=O) groups excluding carboxylic acids is 1. The van der Waals surface area contributed by atoms with Gasteiger partial charge in [-0.25, -0.2) is 0 Å². The fourth-order valence-corrected chi connectivity index (χ4v) is 1.68. The molecule has 0 radical (unpaired) electrons. The highest BCUT2D eigenvalue weighted by Crippen LogP contribution is 2.52. The van der Waals surface area contributed by atoms with Crippen molar-refractivity contribution in [1.82, 2.24) is 0 Å². The number of nitrogens with two attached hydrogens (primary N) is 1. The second kappa shape index (κ2) is 2.23. The lowest BCUT2D eigenvalue weighted by Crippen LogP contribution is -2.28. The minimum absolute atomic E-state index is 0.104. The lowest BCUT2D eigenvalue weighted by atomic mass is 9.82. The van der Waals surface area contributed by atoms with Crippen molar-refractivity contribution in [2.24, 2.45) is 16.6 Å². The summed E-state index contributed by atoms with van der Waals surface area (Å²) in [5.74, 6) is -0.104. The van der Waals surface area contributed by atoms with Crippen molar-refractivity contribution < 1.29 is 4.79 Å². The maximum Gasteiger partial charge on any atom is 0.223 e. The van der Waals surface area contributed by atoms with Crippen molar-refractivity contribution in [2.75, 3.05) is 0 Å². The van der Waals surface area contributed by atoms with E-state index < -0.39 is 0 Å². The Morgan fingerprint density at radius 2 is 1.91 bits per heavy atom. The van der Waals surface area contributed by atoms with Gasteiger partial charge in [0.15, 0.2) is 0 Å². The molecule has 2 nitrogen and oxygen atoms in total. The second-order valence-electron chi connectivity index (χ2n) is 4.88. The number of amides is 1. The molecule has 2 heteroatoms. The van der Waals surface area contributed by atoms with E-state index in [1.54, 1.807) is 0 Å². The molecule has 0 aliphatic heterocycles. The van der Waals surface area contributed by atoms with E-state index in [2.05, 4.69) is 20.8 Å². The predicted molar refractivity (Wildman–Crippen MR) is 44.9 cm³/mol. The van der Waals surface area contributed by atoms with E-state index in [1.807, 2.05) is 0 Å². The van der Waals surface area contributed by atoms with Crippen molar-refractivity contribution >= 4 is 5.91 Å². The quantitative estimate of drug-likeness (QED) is 0.648. The number of rotatable bonds is 2. The number of carbonyl (C=O) groups is 1. The summed E-state index contributed by atoms with van der Waals surface area (Å²) < 4.78 is 0. The molecule has 1 aliphatic rings. The molecule has 0 unspecified atom stereocenters. The number of hydrogen-bond acceptors (Lipinski definition) is 1. The fourth-order valence-electron chi connectivity index (χ4n) is 1.68. The van der Waals surface area contributed by atoms with Gasteiger partial charge in [0.2, 0.25) is 5.91 Å². The number of hydrogen-bond donors (Lipinski definition) is 1. The second-order valence-corrected chi connectivity index (χ2v) is 4.88. The first-order chi connectivity index (χ1) is 4.86. The molecule has 0 aromatic rings. The minimum atomic E-state index is -0.127. The third kappa shape index (κ3) is 1.95. The molecule has 0 atom stereocenters. The van der Waals surface area contributed by atoms with E-state index in [9.17, 15) is 4.79 Å². The van der Waals surface area contributed by atoms with Crippen LogP contribution in [0.3, 0.4) is 0 Å². The van der Waals surface area contributed by atoms with E-state index in [4.69, 9.17) is 5.73 Å². The Balaban J connectivity index is 2.55. The van der Waals surface area contributed by atoms with Gasteiger partial charge in [-0.15, -0.1) is 0 Å². The van der Waals surface area contributed by atoms with E-state index >= 15 is 0 Å². The standard InChI is InChI=1S/C9H17NO/c1-8(2,3)6-9(4-5-9)7(10)11/h4-6H2,1-3H3,(H2,10,11). The Labute approximate surface area is 68.2 Å². The molecule has 2 N–H and O–H groups in total. The maximum atomic E-state index is 11.0. The molecule has 1 rings (SSSR count). The highest BCUT2D eigenvalue weighted by Gasteiger charge is 2.50. The molecule has 0 bridgehead atoms. The molecular formula is C9H17NO. The van der Waals surface area contributed by atoms with Crippen LogP contribution < -0.4 is 5.73 Å². The SMILES string of the molecule is CC(C)(C)CC1(C(N)=O)CC1. The summed E-state index contributed by atoms with van der Waals surface area (Å²) in [7, 11) is 0. The fraction of sp³-hybridized carbons (Fsp3) is 0.889. The van der Waals surface area contributed by atoms with E-state index in [-0.39, 0.29) is 16.7 Å². The molecule has 1 amide bonds. The Morgan fingerprint density at radius 3 is 2.00 bits per heavy atom. The summed E-state index contributed by atoms with van der Waals surface area (Å²) in [5, 5.41) is 0. The van der Waals surface area contributed by atoms with Crippen LogP contribution in [0.2, 0.25) is 0 Å². The average Bonchev–Trinajstić information content (AvgIpc) is 2.43. The smallest absolute Gasteiger partial charge is 0.223 e. The molecule has 0 aromatic heterocycles. The molecule has 1 aliphatic carbocycles. The lowest BCUT2D eigenvalue weighted by molar-refractivity contribution is -0.124. The third-order valence-electron chi connectivity index (χ3n) is 2.24. The topological polar surface area (TPSA) is 43.1 Å². The molecule has 0 heterocycles. The average molecular weight is 155 g/mol. The van der Waals surface area contributed by atoms with Crippen LogP contribution in [-0.2, 0) is 4.79 Å². The van der Waals surface area contributed by atoms with Crippen LogP contribution in [-0.4, -0.2) is 5.91 Å². The van der Waals surface area contributed by atoms with Crippen LogP contribution in [0.4, 0.5) is 0 Å². The summed E-state index contributed by atoms with van der Waals surface area (Å²) in [6.45, 7) is 6.45. The summed E-state index contributed by atoms with van der Waals surface area (Å²) >= 11 is 0. The Morgan fingerprint density at radius 1 is 1.45 bits per heavy atom. The molecule has 0 aromatic carbocycles. The van der Waals surface area contributed by atoms with E-state index in [0.29, 0.717) is 0 Å². The van der Waals surface area contributed by atoms with Crippen molar-refractivity contribution in [2.45, 2.75) is 40.0 Å². The molecule has 11 heavy (non-hydrogen) atoms. The monoisotopic (exact) mass is 155 g/mol. The van der Waals surface area contributed by atoms with Gasteiger partial charge in [-0.3, -0.25) is 4.79 Å². The van der Waals surface area contributed by atoms with Crippen molar-refractivity contribution in [3.8, 4) is 0 Å². The van der Waals surface area contributed by atoms with Gasteiger partial charge >= 0.3 is 0 Å². The first-order valence-corrected chi connectivity index (χ1v) is 4.16. The molecule has 1 saturated carbocycles. The highest BCUT2D eigenvalue weighted by molar-refractivity contribution is 5.83. The third-order valence-corrected chi connectivity index (χ3v) is 2.24. The zero-order chi connectivity index (χ0) is 8.70. The van der Waals surface area contributed by atoms with Gasteiger partial charge < -0.3 is 5.73 Å². The summed E-state index contributed by atoms with van der Waals surface area (Å²) in [6.07, 6.45) is 2.94. The van der Waals surface area contributed by atoms with Crippen LogP contribution in [0.1, 0.15) is 40.0 Å². The largest absolute Gasteiger partial charge is 0.369 e. The molecule has 0 spiro atoms. The van der Waals surface area contributed by atoms with Gasteiger partial charge in [0.05, 0.1) is 0 Å². The van der Waals surface area contributed by atoms with Crippen molar-refractivity contribution in [3.05, 3.63) is 0 Å². The minimum Gasteiger partial charge on any atom is -0.369 e. The van der Waals surface area contributed by atoms with E-state index in [1.165, 1.54) is 0 Å².